The van der Waals surface area contributed by atoms with Crippen LogP contribution in [0.25, 0.3) is 11.3 Å². The lowest BCUT2D eigenvalue weighted by molar-refractivity contribution is 0.0507. The minimum atomic E-state index is -3.53. The van der Waals surface area contributed by atoms with E-state index in [1.54, 1.807) is 21.2 Å². The van der Waals surface area contributed by atoms with Crippen molar-refractivity contribution in [2.24, 2.45) is 5.73 Å². The van der Waals surface area contributed by atoms with Crippen molar-refractivity contribution < 1.29 is 36.0 Å². The first-order chi connectivity index (χ1) is 36.3. The number of aryl methyl sites for hydroxylation is 4. The van der Waals surface area contributed by atoms with E-state index in [0.717, 1.165) is 133 Å². The molecule has 0 bridgehead atoms. The molecule has 26 heteroatoms. The standard InChI is InChI=1S/C28H39N7O5S2.C23H31N7O3S2/c1-17-13-23-30-21(16-35(23)31-25(17)33-12-10-19(15-33)29-27(37)40-28(3,4)5)22-9-7-8-11-34(22)26(36)24-20(14-18(2)41-24)32-42(6,38)39;1-14-10-20-25-18(13-30(20)26-22(14)28-9-7-16(24)12-28)19-6-4-5-8-29(19)23(31)21-17(11-15(2)34-21)27-35(3,32)33/h13-14,16,19,22,32H,7-12,15H2,1-6H3,(H,29,37);10-11,13,16,19,27H,4-9,12,24H2,1-3H3/t19-,22-;16-,19-/m00/s1. The Hall–Kier alpha value is -6.09. The predicted octanol–water partition coefficient (Wildman–Crippen LogP) is 6.93. The molecule has 10 heterocycles. The number of amides is 3. The number of piperidine rings is 2. The summed E-state index contributed by atoms with van der Waals surface area (Å²) in [7, 11) is -7.04. The first-order valence-electron chi connectivity index (χ1n) is 26.0. The lowest BCUT2D eigenvalue weighted by Gasteiger charge is -2.34. The second-order valence-corrected chi connectivity index (χ2v) is 27.8. The number of nitrogens with zero attached hydrogens (tertiary/aromatic N) is 10. The average molecular weight is 1140 g/mol. The number of nitrogens with one attached hydrogen (secondary N) is 3. The summed E-state index contributed by atoms with van der Waals surface area (Å²) in [4.78, 5) is 60.0. The van der Waals surface area contributed by atoms with E-state index in [9.17, 15) is 31.2 Å². The van der Waals surface area contributed by atoms with Crippen molar-refractivity contribution in [2.75, 3.05) is 71.0 Å². The van der Waals surface area contributed by atoms with Gasteiger partial charge >= 0.3 is 6.09 Å². The summed E-state index contributed by atoms with van der Waals surface area (Å²) in [6, 6.07) is 7.10. The summed E-state index contributed by atoms with van der Waals surface area (Å²) in [5.41, 5.74) is 11.2. The van der Waals surface area contributed by atoms with E-state index in [0.29, 0.717) is 46.4 Å². The third-order valence-electron chi connectivity index (χ3n) is 13.9. The van der Waals surface area contributed by atoms with E-state index >= 15 is 0 Å². The largest absolute Gasteiger partial charge is 0.444 e. The molecule has 0 radical (unpaired) electrons. The normalized spacial score (nSPS) is 20.4. The molecule has 0 unspecified atom stereocenters. The van der Waals surface area contributed by atoms with Crippen LogP contribution >= 0.6 is 22.7 Å². The fourth-order valence-corrected chi connectivity index (χ4v) is 13.7. The zero-order valence-electron chi connectivity index (χ0n) is 45.1. The molecule has 3 amide bonds. The van der Waals surface area contributed by atoms with Crippen molar-refractivity contribution in [1.82, 2.24) is 44.3 Å². The molecule has 5 N–H and O–H groups in total. The van der Waals surface area contributed by atoms with Crippen molar-refractivity contribution in [3.8, 4) is 0 Å². The van der Waals surface area contributed by atoms with Crippen molar-refractivity contribution in [2.45, 2.75) is 130 Å². The Labute approximate surface area is 457 Å². The molecule has 4 aliphatic rings. The van der Waals surface area contributed by atoms with Gasteiger partial charge in [-0.05, 0) is 135 Å². The molecular weight excluding hydrogens is 1060 g/mol. The van der Waals surface area contributed by atoms with Crippen LogP contribution in [0.1, 0.15) is 136 Å². The van der Waals surface area contributed by atoms with Crippen molar-refractivity contribution in [3.63, 3.8) is 0 Å². The van der Waals surface area contributed by atoms with Crippen LogP contribution < -0.4 is 30.3 Å². The van der Waals surface area contributed by atoms with Gasteiger partial charge in [0.1, 0.15) is 15.4 Å². The summed E-state index contributed by atoms with van der Waals surface area (Å²) in [5.74, 6) is 1.36. The third kappa shape index (κ3) is 13.1. The van der Waals surface area contributed by atoms with Crippen LogP contribution in [-0.4, -0.2) is 143 Å². The zero-order valence-corrected chi connectivity index (χ0v) is 48.4. The fraction of sp³-hybridized carbons (Fsp3) is 0.549. The lowest BCUT2D eigenvalue weighted by Crippen LogP contribution is -2.40. The smallest absolute Gasteiger partial charge is 0.407 e. The van der Waals surface area contributed by atoms with Gasteiger partial charge in [0.25, 0.3) is 11.8 Å². The molecule has 4 atom stereocenters. The molecule has 10 rings (SSSR count). The molecule has 0 spiro atoms. The third-order valence-corrected chi connectivity index (χ3v) is 17.2. The number of sulfonamides is 2. The number of rotatable bonds is 11. The van der Waals surface area contributed by atoms with Crippen molar-refractivity contribution in [1.29, 1.82) is 0 Å². The molecule has 0 saturated carbocycles. The van der Waals surface area contributed by atoms with Crippen LogP contribution in [0.2, 0.25) is 0 Å². The first-order valence-corrected chi connectivity index (χ1v) is 31.4. The number of carbonyl (C=O) groups excluding carboxylic acids is 3. The number of anilines is 4. The van der Waals surface area contributed by atoms with Gasteiger partial charge in [0, 0.05) is 55.1 Å². The Morgan fingerprint density at radius 1 is 0.649 bits per heavy atom. The monoisotopic (exact) mass is 1130 g/mol. The summed E-state index contributed by atoms with van der Waals surface area (Å²) in [6.07, 6.45) is 12.5. The number of likely N-dealkylation sites (tertiary alicyclic amines) is 2. The molecule has 4 saturated heterocycles. The number of carbonyl (C=O) groups is 3. The molecule has 416 valence electrons. The molecule has 0 aromatic carbocycles. The van der Waals surface area contributed by atoms with Gasteiger partial charge in [-0.25, -0.2) is 40.6 Å². The Bertz CT molecular complexity index is 3440. The number of fused-ring (bicyclic) bond motifs is 2. The number of hydrogen-bond donors (Lipinski definition) is 4. The van der Waals surface area contributed by atoms with Crippen LogP contribution in [0.15, 0.2) is 36.7 Å². The fourth-order valence-electron chi connectivity index (χ4n) is 10.6. The predicted molar refractivity (Wildman–Crippen MR) is 301 cm³/mol. The van der Waals surface area contributed by atoms with Crippen LogP contribution in [0.3, 0.4) is 0 Å². The number of hydrogen-bond acceptors (Lipinski definition) is 17. The maximum absolute atomic E-state index is 13.8. The van der Waals surface area contributed by atoms with Crippen LogP contribution in [0.5, 0.6) is 0 Å². The topological polar surface area (TPSA) is 264 Å². The van der Waals surface area contributed by atoms with Gasteiger partial charge in [0.15, 0.2) is 22.9 Å². The number of ether oxygens (including phenoxy) is 1. The van der Waals surface area contributed by atoms with Gasteiger partial charge in [-0.3, -0.25) is 19.0 Å². The summed E-state index contributed by atoms with van der Waals surface area (Å²) in [6.45, 7) is 17.5. The van der Waals surface area contributed by atoms with Gasteiger partial charge in [-0.15, -0.1) is 32.9 Å². The van der Waals surface area contributed by atoms with E-state index in [-0.39, 0.29) is 36.0 Å². The van der Waals surface area contributed by atoms with Gasteiger partial charge in [-0.2, -0.15) is 0 Å². The Morgan fingerprint density at radius 3 is 1.53 bits per heavy atom. The highest BCUT2D eigenvalue weighted by molar-refractivity contribution is 7.92. The van der Waals surface area contributed by atoms with E-state index in [1.165, 1.54) is 22.7 Å². The molecule has 77 heavy (non-hydrogen) atoms. The van der Waals surface area contributed by atoms with E-state index in [4.69, 9.17) is 30.6 Å². The number of thiophene rings is 2. The Morgan fingerprint density at radius 2 is 1.10 bits per heavy atom. The van der Waals surface area contributed by atoms with Gasteiger partial charge in [-0.1, -0.05) is 0 Å². The maximum Gasteiger partial charge on any atom is 0.407 e. The molecule has 4 aliphatic heterocycles. The second-order valence-electron chi connectivity index (χ2n) is 21.8. The number of aromatic nitrogens is 6. The summed E-state index contributed by atoms with van der Waals surface area (Å²) in [5, 5.41) is 12.7. The van der Waals surface area contributed by atoms with E-state index in [2.05, 4.69) is 24.6 Å². The summed E-state index contributed by atoms with van der Waals surface area (Å²) < 4.78 is 61.5. The minimum Gasteiger partial charge on any atom is -0.444 e. The molecule has 0 aliphatic carbocycles. The van der Waals surface area contributed by atoms with Crippen LogP contribution in [0.4, 0.5) is 27.8 Å². The number of nitrogens with two attached hydrogens (primary N) is 1. The molecule has 6 aromatic heterocycles. The molecular formula is C51H70N14O8S4. The number of alkyl carbamates (subject to hydrolysis) is 1. The van der Waals surface area contributed by atoms with E-state index < -0.39 is 31.7 Å². The first kappa shape index (κ1) is 55.7. The molecule has 6 aromatic rings. The molecule has 4 fully saturated rings. The van der Waals surface area contributed by atoms with Crippen LogP contribution in [-0.2, 0) is 24.8 Å². The highest BCUT2D eigenvalue weighted by atomic mass is 32.2. The Balaban J connectivity index is 0.000000191. The van der Waals surface area contributed by atoms with Gasteiger partial charge in [0.2, 0.25) is 20.0 Å². The summed E-state index contributed by atoms with van der Waals surface area (Å²) >= 11 is 2.59. The van der Waals surface area contributed by atoms with Crippen LogP contribution in [0, 0.1) is 27.7 Å². The van der Waals surface area contributed by atoms with Crippen molar-refractivity contribution >= 4 is 94.9 Å². The quantitative estimate of drug-likeness (QED) is 0.102. The second kappa shape index (κ2) is 22.0. The maximum atomic E-state index is 13.8. The lowest BCUT2D eigenvalue weighted by atomic mass is 9.99. The molecule has 22 nitrogen and oxygen atoms in total. The Kier molecular flexibility index (Phi) is 15.9. The highest BCUT2D eigenvalue weighted by Crippen LogP contribution is 2.38. The minimum absolute atomic E-state index is 0.0418. The average Bonchev–Trinajstić information content (AvgIpc) is 4.28. The van der Waals surface area contributed by atoms with Crippen molar-refractivity contribution in [3.05, 3.63) is 78.7 Å². The van der Waals surface area contributed by atoms with E-state index in [1.807, 2.05) is 82.8 Å². The van der Waals surface area contributed by atoms with Gasteiger partial charge < -0.3 is 35.4 Å². The number of imidazole rings is 2. The SMILES string of the molecule is Cc1cc(NS(C)(=O)=O)c(C(=O)N2CCCC[C@H]2c2cn3nc(N4CC[C@H](N)C4)c(C)cc3n2)s1.Cc1cc(NS(C)(=O)=O)c(C(=O)N2CCCC[C@H]2c2cn3nc(N4CC[C@H](NC(=O)OC(C)(C)C)C4)c(C)cc3n2)s1. The van der Waals surface area contributed by atoms with Gasteiger partial charge in [0.05, 0.1) is 65.8 Å². The zero-order chi connectivity index (χ0) is 55.3. The highest BCUT2D eigenvalue weighted by Gasteiger charge is 2.36.